The van der Waals surface area contributed by atoms with Gasteiger partial charge in [-0.25, -0.2) is 4.39 Å². The van der Waals surface area contributed by atoms with Crippen LogP contribution < -0.4 is 10.2 Å². The van der Waals surface area contributed by atoms with Crippen molar-refractivity contribution < 1.29 is 14.0 Å². The Hall–Kier alpha value is -2.05. The smallest absolute Gasteiger partial charge is 0.238 e. The first-order chi connectivity index (χ1) is 13.2. The maximum atomic E-state index is 14.4. The van der Waals surface area contributed by atoms with E-state index in [1.54, 1.807) is 38.1 Å². The molecule has 1 N–H and O–H groups in total. The van der Waals surface area contributed by atoms with E-state index >= 15 is 0 Å². The molecule has 0 aliphatic carbocycles. The van der Waals surface area contributed by atoms with Gasteiger partial charge in [0.05, 0.1) is 16.9 Å². The SMILES string of the molecule is Cc1ccc(F)c(N2C(=O)CSC2c2ccc(NC(=O)C(C)(C)CCl)cc2)c1. The average molecular weight is 421 g/mol. The summed E-state index contributed by atoms with van der Waals surface area (Å²) >= 11 is 7.30. The molecule has 0 radical (unpaired) electrons. The molecular formula is C21H22ClFN2O2S. The largest absolute Gasteiger partial charge is 0.326 e. The molecule has 2 amide bonds. The van der Waals surface area contributed by atoms with Gasteiger partial charge in [0.15, 0.2) is 0 Å². The van der Waals surface area contributed by atoms with Crippen molar-refractivity contribution in [2.75, 3.05) is 21.8 Å². The summed E-state index contributed by atoms with van der Waals surface area (Å²) < 4.78 is 14.4. The summed E-state index contributed by atoms with van der Waals surface area (Å²) in [6.45, 7) is 5.42. The first kappa shape index (κ1) is 20.7. The lowest BCUT2D eigenvalue weighted by Gasteiger charge is -2.25. The van der Waals surface area contributed by atoms with Crippen LogP contribution in [0, 0.1) is 18.2 Å². The highest BCUT2D eigenvalue weighted by atomic mass is 35.5. The first-order valence-electron chi connectivity index (χ1n) is 8.90. The van der Waals surface area contributed by atoms with Gasteiger partial charge in [0.1, 0.15) is 11.2 Å². The van der Waals surface area contributed by atoms with Crippen LogP contribution in [-0.4, -0.2) is 23.4 Å². The number of amides is 2. The van der Waals surface area contributed by atoms with Crippen molar-refractivity contribution in [1.29, 1.82) is 0 Å². The van der Waals surface area contributed by atoms with E-state index in [1.165, 1.54) is 22.7 Å². The molecule has 3 rings (SSSR count). The number of hydrogen-bond donors (Lipinski definition) is 1. The zero-order valence-corrected chi connectivity index (χ0v) is 17.5. The normalized spacial score (nSPS) is 17.1. The number of benzene rings is 2. The fraction of sp³-hybridized carbons (Fsp3) is 0.333. The van der Waals surface area contributed by atoms with Crippen LogP contribution in [0.3, 0.4) is 0 Å². The van der Waals surface area contributed by atoms with Gasteiger partial charge >= 0.3 is 0 Å². The molecule has 1 atom stereocenters. The van der Waals surface area contributed by atoms with Crippen molar-refractivity contribution in [3.8, 4) is 0 Å². The second kappa shape index (κ2) is 8.13. The van der Waals surface area contributed by atoms with Crippen LogP contribution >= 0.6 is 23.4 Å². The molecule has 1 unspecified atom stereocenters. The van der Waals surface area contributed by atoms with Crippen molar-refractivity contribution in [3.05, 3.63) is 59.4 Å². The number of thioether (sulfide) groups is 1. The molecule has 2 aromatic carbocycles. The van der Waals surface area contributed by atoms with Crippen LogP contribution in [0.25, 0.3) is 0 Å². The summed E-state index contributed by atoms with van der Waals surface area (Å²) in [5, 5.41) is 2.54. The van der Waals surface area contributed by atoms with Crippen molar-refractivity contribution in [3.63, 3.8) is 0 Å². The number of nitrogens with one attached hydrogen (secondary N) is 1. The van der Waals surface area contributed by atoms with Crippen molar-refractivity contribution in [2.45, 2.75) is 26.1 Å². The Kier molecular flexibility index (Phi) is 6.01. The van der Waals surface area contributed by atoms with Crippen molar-refractivity contribution >= 4 is 46.6 Å². The third kappa shape index (κ3) is 4.18. The lowest BCUT2D eigenvalue weighted by atomic mass is 9.95. The number of rotatable bonds is 5. The number of aryl methyl sites for hydroxylation is 1. The molecule has 148 valence electrons. The van der Waals surface area contributed by atoms with Gasteiger partial charge in [-0.2, -0.15) is 0 Å². The van der Waals surface area contributed by atoms with E-state index in [1.807, 2.05) is 19.1 Å². The molecule has 1 heterocycles. The number of alkyl halides is 1. The number of halogens is 2. The summed E-state index contributed by atoms with van der Waals surface area (Å²) in [5.74, 6) is -0.196. The Balaban J connectivity index is 1.83. The molecule has 1 saturated heterocycles. The minimum absolute atomic E-state index is 0.124. The predicted octanol–water partition coefficient (Wildman–Crippen LogP) is 5.12. The first-order valence-corrected chi connectivity index (χ1v) is 10.5. The third-order valence-corrected chi connectivity index (χ3v) is 6.51. The maximum Gasteiger partial charge on any atom is 0.238 e. The number of carbonyl (C=O) groups excluding carboxylic acids is 2. The molecular weight excluding hydrogens is 399 g/mol. The Labute approximate surface area is 173 Å². The summed E-state index contributed by atoms with van der Waals surface area (Å²) in [4.78, 5) is 26.2. The molecule has 28 heavy (non-hydrogen) atoms. The van der Waals surface area contributed by atoms with E-state index in [4.69, 9.17) is 11.6 Å². The van der Waals surface area contributed by atoms with Gasteiger partial charge < -0.3 is 5.32 Å². The number of nitrogens with zero attached hydrogens (tertiary/aromatic N) is 1. The van der Waals surface area contributed by atoms with E-state index in [2.05, 4.69) is 5.32 Å². The van der Waals surface area contributed by atoms with Crippen molar-refractivity contribution in [2.24, 2.45) is 5.41 Å². The monoisotopic (exact) mass is 420 g/mol. The molecule has 7 heteroatoms. The Morgan fingerprint density at radius 3 is 2.61 bits per heavy atom. The molecule has 0 aromatic heterocycles. The summed E-state index contributed by atoms with van der Waals surface area (Å²) in [6, 6.07) is 12.0. The Morgan fingerprint density at radius 2 is 1.96 bits per heavy atom. The minimum atomic E-state index is -0.673. The lowest BCUT2D eigenvalue weighted by Crippen LogP contribution is -2.32. The molecule has 2 aromatic rings. The van der Waals surface area contributed by atoms with Gasteiger partial charge in [0.25, 0.3) is 0 Å². The van der Waals surface area contributed by atoms with Gasteiger partial charge in [-0.1, -0.05) is 18.2 Å². The Bertz CT molecular complexity index is 902. The van der Waals surface area contributed by atoms with Crippen LogP contribution in [0.15, 0.2) is 42.5 Å². The van der Waals surface area contributed by atoms with Crippen LogP contribution in [0.5, 0.6) is 0 Å². The third-order valence-electron chi connectivity index (χ3n) is 4.63. The molecule has 1 aliphatic rings. The lowest BCUT2D eigenvalue weighted by molar-refractivity contribution is -0.123. The second-order valence-corrected chi connectivity index (χ2v) is 8.81. The van der Waals surface area contributed by atoms with E-state index < -0.39 is 11.2 Å². The highest BCUT2D eigenvalue weighted by molar-refractivity contribution is 8.00. The molecule has 1 fully saturated rings. The highest BCUT2D eigenvalue weighted by Crippen LogP contribution is 2.43. The molecule has 4 nitrogen and oxygen atoms in total. The minimum Gasteiger partial charge on any atom is -0.326 e. The zero-order valence-electron chi connectivity index (χ0n) is 16.0. The van der Waals surface area contributed by atoms with Gasteiger partial charge in [0, 0.05) is 11.6 Å². The van der Waals surface area contributed by atoms with Crippen molar-refractivity contribution in [1.82, 2.24) is 0 Å². The van der Waals surface area contributed by atoms with Gasteiger partial charge in [-0.05, 0) is 56.2 Å². The summed E-state index contributed by atoms with van der Waals surface area (Å²) in [7, 11) is 0. The van der Waals surface area contributed by atoms with Gasteiger partial charge in [-0.15, -0.1) is 23.4 Å². The van der Waals surface area contributed by atoms with E-state index in [0.717, 1.165) is 11.1 Å². The van der Waals surface area contributed by atoms with Crippen LogP contribution in [0.2, 0.25) is 0 Å². The Morgan fingerprint density at radius 1 is 1.29 bits per heavy atom. The number of carbonyl (C=O) groups is 2. The van der Waals surface area contributed by atoms with E-state index in [-0.39, 0.29) is 23.1 Å². The van der Waals surface area contributed by atoms with Crippen LogP contribution in [0.1, 0.15) is 30.3 Å². The number of anilines is 2. The summed E-state index contributed by atoms with van der Waals surface area (Å²) in [6.07, 6.45) is 0. The molecule has 0 bridgehead atoms. The second-order valence-electron chi connectivity index (χ2n) is 7.48. The molecule has 0 saturated carbocycles. The van der Waals surface area contributed by atoms with E-state index in [9.17, 15) is 14.0 Å². The topological polar surface area (TPSA) is 49.4 Å². The molecule has 0 spiro atoms. The fourth-order valence-corrected chi connectivity index (χ4v) is 4.12. The van der Waals surface area contributed by atoms with Crippen LogP contribution in [0.4, 0.5) is 15.8 Å². The van der Waals surface area contributed by atoms with Crippen LogP contribution in [-0.2, 0) is 9.59 Å². The molecule has 1 aliphatic heterocycles. The van der Waals surface area contributed by atoms with E-state index in [0.29, 0.717) is 17.1 Å². The zero-order chi connectivity index (χ0) is 20.5. The maximum absolute atomic E-state index is 14.4. The average Bonchev–Trinajstić information content (AvgIpc) is 3.05. The van der Waals surface area contributed by atoms with Gasteiger partial charge in [-0.3, -0.25) is 14.5 Å². The summed E-state index contributed by atoms with van der Waals surface area (Å²) in [5.41, 5.74) is 2.02. The quantitative estimate of drug-likeness (QED) is 0.683. The predicted molar refractivity (Wildman–Crippen MR) is 113 cm³/mol. The highest BCUT2D eigenvalue weighted by Gasteiger charge is 2.35. The van der Waals surface area contributed by atoms with Gasteiger partial charge in [0.2, 0.25) is 11.8 Å². The standard InChI is InChI=1S/C21H22ClFN2O2S/c1-13-4-9-16(23)17(10-13)25-18(26)11-28-19(25)14-5-7-15(8-6-14)24-20(27)21(2,3)12-22/h4-10,19H,11-12H2,1-3H3,(H,24,27). The fourth-order valence-electron chi connectivity index (χ4n) is 2.83. The number of hydrogen-bond acceptors (Lipinski definition) is 3.